The maximum absolute atomic E-state index is 13.6. The number of hydrogen-bond acceptors (Lipinski definition) is 4. The van der Waals surface area contributed by atoms with E-state index in [1.807, 2.05) is 12.1 Å². The second-order valence-electron chi connectivity index (χ2n) is 9.53. The van der Waals surface area contributed by atoms with Gasteiger partial charge in [-0.05, 0) is 68.7 Å². The molecule has 1 atom stereocenters. The van der Waals surface area contributed by atoms with Crippen LogP contribution in [0.15, 0.2) is 41.8 Å². The second kappa shape index (κ2) is 10.2. The molecule has 0 bridgehead atoms. The predicted octanol–water partition coefficient (Wildman–Crippen LogP) is 5.85. The molecule has 1 amide bonds. The van der Waals surface area contributed by atoms with Gasteiger partial charge in [0.15, 0.2) is 0 Å². The predicted molar refractivity (Wildman–Crippen MR) is 126 cm³/mol. The van der Waals surface area contributed by atoms with Gasteiger partial charge < -0.3 is 14.4 Å². The minimum atomic E-state index is -0.212. The second-order valence-corrected chi connectivity index (χ2v) is 10.6. The standard InChI is InChI=1S/C26H35NO3S/c1-26(2)18-21(12-15-30-26)25(28)27(22-8-3-4-9-22)19-20-7-5-10-23(17-20)29-14-13-24-11-6-16-31-24/h5-7,10-11,16-17,21-22H,3-4,8-9,12-15,18-19H2,1-2H3/t21-/m1/s1. The van der Waals surface area contributed by atoms with Crippen LogP contribution >= 0.6 is 11.3 Å². The summed E-state index contributed by atoms with van der Waals surface area (Å²) in [5, 5.41) is 2.10. The van der Waals surface area contributed by atoms with Crippen LogP contribution in [0.2, 0.25) is 0 Å². The third kappa shape index (κ3) is 6.11. The first-order chi connectivity index (χ1) is 15.0. The Morgan fingerprint density at radius 3 is 2.77 bits per heavy atom. The first kappa shape index (κ1) is 22.3. The summed E-state index contributed by atoms with van der Waals surface area (Å²) in [7, 11) is 0. The van der Waals surface area contributed by atoms with E-state index >= 15 is 0 Å². The first-order valence-corrected chi connectivity index (χ1v) is 12.6. The van der Waals surface area contributed by atoms with Gasteiger partial charge in [-0.2, -0.15) is 0 Å². The van der Waals surface area contributed by atoms with Crippen LogP contribution in [0, 0.1) is 5.92 Å². The quantitative estimate of drug-likeness (QED) is 0.516. The number of nitrogens with zero attached hydrogens (tertiary/aromatic N) is 1. The summed E-state index contributed by atoms with van der Waals surface area (Å²) in [5.74, 6) is 1.27. The van der Waals surface area contributed by atoms with E-state index in [4.69, 9.17) is 9.47 Å². The summed E-state index contributed by atoms with van der Waals surface area (Å²) in [4.78, 5) is 17.1. The minimum Gasteiger partial charge on any atom is -0.493 e. The average Bonchev–Trinajstić information content (AvgIpc) is 3.45. The number of benzene rings is 1. The Morgan fingerprint density at radius 2 is 2.03 bits per heavy atom. The molecule has 168 valence electrons. The number of amides is 1. The van der Waals surface area contributed by atoms with Gasteiger partial charge in [0, 0.05) is 36.4 Å². The molecular formula is C26H35NO3S. The number of rotatable bonds is 8. The number of carbonyl (C=O) groups is 1. The van der Waals surface area contributed by atoms with Crippen LogP contribution < -0.4 is 4.74 Å². The molecule has 1 aliphatic heterocycles. The highest BCUT2D eigenvalue weighted by Crippen LogP contribution is 2.33. The monoisotopic (exact) mass is 441 g/mol. The van der Waals surface area contributed by atoms with E-state index in [9.17, 15) is 4.79 Å². The van der Waals surface area contributed by atoms with Gasteiger partial charge >= 0.3 is 0 Å². The van der Waals surface area contributed by atoms with Gasteiger partial charge in [-0.25, -0.2) is 0 Å². The molecule has 2 aromatic rings. The molecule has 1 saturated carbocycles. The van der Waals surface area contributed by atoms with Gasteiger partial charge in [0.1, 0.15) is 5.75 Å². The van der Waals surface area contributed by atoms with Gasteiger partial charge in [0.05, 0.1) is 12.2 Å². The van der Waals surface area contributed by atoms with E-state index in [0.717, 1.165) is 43.4 Å². The molecule has 1 aromatic heterocycles. The van der Waals surface area contributed by atoms with Crippen molar-refractivity contribution in [3.8, 4) is 5.75 Å². The van der Waals surface area contributed by atoms with Crippen LogP contribution in [-0.2, 0) is 22.5 Å². The molecule has 0 radical (unpaired) electrons. The smallest absolute Gasteiger partial charge is 0.226 e. The summed E-state index contributed by atoms with van der Waals surface area (Å²) in [6.45, 7) is 6.22. The lowest BCUT2D eigenvalue weighted by Crippen LogP contribution is -2.46. The molecule has 1 aromatic carbocycles. The lowest BCUT2D eigenvalue weighted by atomic mass is 9.87. The van der Waals surface area contributed by atoms with Crippen molar-refractivity contribution in [3.05, 3.63) is 52.2 Å². The maximum atomic E-state index is 13.6. The van der Waals surface area contributed by atoms with Gasteiger partial charge in [-0.15, -0.1) is 11.3 Å². The summed E-state index contributed by atoms with van der Waals surface area (Å²) in [6, 6.07) is 12.9. The minimum absolute atomic E-state index is 0.0644. The van der Waals surface area contributed by atoms with Crippen molar-refractivity contribution < 1.29 is 14.3 Å². The van der Waals surface area contributed by atoms with Crippen molar-refractivity contribution in [3.63, 3.8) is 0 Å². The third-order valence-corrected chi connectivity index (χ3v) is 7.48. The van der Waals surface area contributed by atoms with E-state index in [-0.39, 0.29) is 11.5 Å². The molecular weight excluding hydrogens is 406 g/mol. The van der Waals surface area contributed by atoms with Crippen molar-refractivity contribution >= 4 is 17.2 Å². The average molecular weight is 442 g/mol. The maximum Gasteiger partial charge on any atom is 0.226 e. The van der Waals surface area contributed by atoms with Crippen molar-refractivity contribution in [2.45, 2.75) is 77.0 Å². The van der Waals surface area contributed by atoms with Gasteiger partial charge in [-0.1, -0.05) is 31.0 Å². The van der Waals surface area contributed by atoms with Gasteiger partial charge in [0.2, 0.25) is 5.91 Å². The molecule has 0 spiro atoms. The number of hydrogen-bond donors (Lipinski definition) is 0. The topological polar surface area (TPSA) is 38.8 Å². The fourth-order valence-electron chi connectivity index (χ4n) is 4.93. The molecule has 31 heavy (non-hydrogen) atoms. The van der Waals surface area contributed by atoms with Crippen LogP contribution in [0.1, 0.15) is 62.8 Å². The van der Waals surface area contributed by atoms with E-state index in [1.165, 1.54) is 17.7 Å². The van der Waals surface area contributed by atoms with Crippen molar-refractivity contribution in [2.75, 3.05) is 13.2 Å². The molecule has 2 aliphatic rings. The van der Waals surface area contributed by atoms with Crippen LogP contribution in [0.3, 0.4) is 0 Å². The zero-order valence-electron chi connectivity index (χ0n) is 18.8. The van der Waals surface area contributed by atoms with Crippen LogP contribution in [0.4, 0.5) is 0 Å². The Labute approximate surface area is 190 Å². The largest absolute Gasteiger partial charge is 0.493 e. The van der Waals surface area contributed by atoms with E-state index in [0.29, 0.717) is 31.7 Å². The Morgan fingerprint density at radius 1 is 1.19 bits per heavy atom. The summed E-state index contributed by atoms with van der Waals surface area (Å²) < 4.78 is 11.9. The van der Waals surface area contributed by atoms with Crippen LogP contribution in [0.25, 0.3) is 0 Å². The Balaban J connectivity index is 1.42. The molecule has 1 saturated heterocycles. The number of ether oxygens (including phenoxy) is 2. The lowest BCUT2D eigenvalue weighted by molar-refractivity contribution is -0.148. The molecule has 5 heteroatoms. The highest BCUT2D eigenvalue weighted by molar-refractivity contribution is 7.09. The highest BCUT2D eigenvalue weighted by Gasteiger charge is 2.37. The molecule has 0 N–H and O–H groups in total. The zero-order valence-corrected chi connectivity index (χ0v) is 19.7. The Kier molecular flexibility index (Phi) is 7.34. The SMILES string of the molecule is CC1(C)C[C@H](C(=O)N(Cc2cccc(OCCc3cccs3)c2)C2CCCC2)CCO1. The van der Waals surface area contributed by atoms with Crippen molar-refractivity contribution in [1.82, 2.24) is 4.90 Å². The van der Waals surface area contributed by atoms with E-state index < -0.39 is 0 Å². The molecule has 2 fully saturated rings. The molecule has 1 aliphatic carbocycles. The molecule has 4 rings (SSSR count). The summed E-state index contributed by atoms with van der Waals surface area (Å²) in [5.41, 5.74) is 0.941. The fraction of sp³-hybridized carbons (Fsp3) is 0.577. The summed E-state index contributed by atoms with van der Waals surface area (Å²) in [6.07, 6.45) is 7.25. The Bertz CT molecular complexity index is 842. The van der Waals surface area contributed by atoms with Crippen LogP contribution in [-0.4, -0.2) is 35.7 Å². The van der Waals surface area contributed by atoms with Crippen molar-refractivity contribution in [1.29, 1.82) is 0 Å². The lowest BCUT2D eigenvalue weighted by Gasteiger charge is -2.39. The molecule has 2 heterocycles. The molecule has 4 nitrogen and oxygen atoms in total. The van der Waals surface area contributed by atoms with Crippen molar-refractivity contribution in [2.24, 2.45) is 5.92 Å². The molecule has 0 unspecified atom stereocenters. The number of carbonyl (C=O) groups excluding carboxylic acids is 1. The zero-order chi connectivity index (χ0) is 21.7. The number of thiophene rings is 1. The fourth-order valence-corrected chi connectivity index (χ4v) is 5.62. The Hall–Kier alpha value is -1.85. The van der Waals surface area contributed by atoms with Crippen LogP contribution in [0.5, 0.6) is 5.75 Å². The third-order valence-electron chi connectivity index (χ3n) is 6.54. The van der Waals surface area contributed by atoms with Gasteiger partial charge in [-0.3, -0.25) is 4.79 Å². The van der Waals surface area contributed by atoms with E-state index in [1.54, 1.807) is 11.3 Å². The normalized spacial score (nSPS) is 21.2. The summed E-state index contributed by atoms with van der Waals surface area (Å²) >= 11 is 1.77. The highest BCUT2D eigenvalue weighted by atomic mass is 32.1. The first-order valence-electron chi connectivity index (χ1n) is 11.7. The van der Waals surface area contributed by atoms with Gasteiger partial charge in [0.25, 0.3) is 0 Å². The van der Waals surface area contributed by atoms with E-state index in [2.05, 4.69) is 48.4 Å².